The number of carbonyl (C=O) groups is 1. The number of benzene rings is 1. The van der Waals surface area contributed by atoms with Crippen LogP contribution in [0.5, 0.6) is 0 Å². The molecule has 0 saturated heterocycles. The van der Waals surface area contributed by atoms with E-state index in [9.17, 15) is 18.0 Å². The SMILES string of the molecule is COC(=O)c1ccc(C(C)(C)C)cc1C(F)(F)F. The summed E-state index contributed by atoms with van der Waals surface area (Å²) in [5, 5.41) is 0. The van der Waals surface area contributed by atoms with E-state index in [2.05, 4.69) is 4.74 Å². The lowest BCUT2D eigenvalue weighted by atomic mass is 9.85. The van der Waals surface area contributed by atoms with Gasteiger partial charge in [0.1, 0.15) is 0 Å². The smallest absolute Gasteiger partial charge is 0.417 e. The molecule has 100 valence electrons. The second kappa shape index (κ2) is 4.63. The Labute approximate surface area is 104 Å². The lowest BCUT2D eigenvalue weighted by molar-refractivity contribution is -0.138. The van der Waals surface area contributed by atoms with Gasteiger partial charge < -0.3 is 4.74 Å². The van der Waals surface area contributed by atoms with Crippen molar-refractivity contribution in [2.75, 3.05) is 7.11 Å². The molecule has 1 rings (SSSR count). The van der Waals surface area contributed by atoms with Gasteiger partial charge in [0.25, 0.3) is 0 Å². The summed E-state index contributed by atoms with van der Waals surface area (Å²) in [5.74, 6) is -0.984. The molecule has 0 spiro atoms. The summed E-state index contributed by atoms with van der Waals surface area (Å²) in [6.45, 7) is 5.42. The van der Waals surface area contributed by atoms with Gasteiger partial charge in [-0.3, -0.25) is 0 Å². The van der Waals surface area contributed by atoms with Gasteiger partial charge in [0, 0.05) is 0 Å². The van der Waals surface area contributed by atoms with Gasteiger partial charge in [-0.1, -0.05) is 26.8 Å². The molecule has 1 aromatic rings. The molecule has 1 aromatic carbocycles. The first-order valence-corrected chi connectivity index (χ1v) is 5.37. The molecule has 0 atom stereocenters. The molecule has 0 radical (unpaired) electrons. The van der Waals surface area contributed by atoms with Crippen molar-refractivity contribution in [3.63, 3.8) is 0 Å². The number of rotatable bonds is 1. The Morgan fingerprint density at radius 1 is 1.17 bits per heavy atom. The van der Waals surface area contributed by atoms with Crippen LogP contribution in [0.3, 0.4) is 0 Å². The number of esters is 1. The first-order valence-electron chi connectivity index (χ1n) is 5.37. The van der Waals surface area contributed by atoms with E-state index in [0.29, 0.717) is 5.56 Å². The predicted octanol–water partition coefficient (Wildman–Crippen LogP) is 3.79. The van der Waals surface area contributed by atoms with Crippen molar-refractivity contribution < 1.29 is 22.7 Å². The van der Waals surface area contributed by atoms with E-state index in [1.165, 1.54) is 6.07 Å². The summed E-state index contributed by atoms with van der Waals surface area (Å²) in [6.07, 6.45) is -4.58. The van der Waals surface area contributed by atoms with E-state index in [0.717, 1.165) is 19.2 Å². The fourth-order valence-electron chi connectivity index (χ4n) is 1.53. The van der Waals surface area contributed by atoms with Gasteiger partial charge in [0.2, 0.25) is 0 Å². The van der Waals surface area contributed by atoms with Gasteiger partial charge >= 0.3 is 12.1 Å². The number of alkyl halides is 3. The molecule has 0 aromatic heterocycles. The molecule has 0 N–H and O–H groups in total. The minimum absolute atomic E-state index is 0.422. The highest BCUT2D eigenvalue weighted by molar-refractivity contribution is 5.91. The van der Waals surface area contributed by atoms with Crippen LogP contribution in [0.4, 0.5) is 13.2 Å². The minimum Gasteiger partial charge on any atom is -0.465 e. The molecule has 0 heterocycles. The van der Waals surface area contributed by atoms with Crippen molar-refractivity contribution in [3.05, 3.63) is 34.9 Å². The molecule has 0 unspecified atom stereocenters. The number of carbonyl (C=O) groups excluding carboxylic acids is 1. The van der Waals surface area contributed by atoms with Crippen molar-refractivity contribution >= 4 is 5.97 Å². The molecule has 0 amide bonds. The van der Waals surface area contributed by atoms with E-state index in [-0.39, 0.29) is 0 Å². The summed E-state index contributed by atoms with van der Waals surface area (Å²) in [6, 6.07) is 3.68. The van der Waals surface area contributed by atoms with Gasteiger partial charge in [0.05, 0.1) is 18.2 Å². The molecular formula is C13H15F3O2. The summed E-state index contributed by atoms with van der Waals surface area (Å²) >= 11 is 0. The Kier molecular flexibility index (Phi) is 3.74. The van der Waals surface area contributed by atoms with E-state index in [1.807, 2.05) is 0 Å². The van der Waals surface area contributed by atoms with Crippen LogP contribution in [0.1, 0.15) is 42.3 Å². The minimum atomic E-state index is -4.58. The second-order valence-corrected chi connectivity index (χ2v) is 5.00. The van der Waals surface area contributed by atoms with E-state index < -0.39 is 28.7 Å². The molecule has 5 heteroatoms. The van der Waals surface area contributed by atoms with Crippen LogP contribution < -0.4 is 0 Å². The topological polar surface area (TPSA) is 26.3 Å². The monoisotopic (exact) mass is 260 g/mol. The summed E-state index contributed by atoms with van der Waals surface area (Å²) in [5.41, 5.74) is -1.32. The molecule has 18 heavy (non-hydrogen) atoms. The maximum atomic E-state index is 12.9. The number of ether oxygens (including phenoxy) is 1. The predicted molar refractivity (Wildman–Crippen MR) is 61.5 cm³/mol. The Morgan fingerprint density at radius 3 is 2.11 bits per heavy atom. The quantitative estimate of drug-likeness (QED) is 0.718. The number of hydrogen-bond donors (Lipinski definition) is 0. The highest BCUT2D eigenvalue weighted by Gasteiger charge is 2.36. The zero-order chi connectivity index (χ0) is 14.1. The van der Waals surface area contributed by atoms with Gasteiger partial charge in [-0.15, -0.1) is 0 Å². The highest BCUT2D eigenvalue weighted by atomic mass is 19.4. The van der Waals surface area contributed by atoms with Gasteiger partial charge in [-0.2, -0.15) is 13.2 Å². The fourth-order valence-corrected chi connectivity index (χ4v) is 1.53. The van der Waals surface area contributed by atoms with Crippen LogP contribution in [0.15, 0.2) is 18.2 Å². The maximum absolute atomic E-state index is 12.9. The van der Waals surface area contributed by atoms with E-state index >= 15 is 0 Å². The van der Waals surface area contributed by atoms with Gasteiger partial charge in [-0.05, 0) is 23.1 Å². The van der Waals surface area contributed by atoms with Crippen molar-refractivity contribution in [2.24, 2.45) is 0 Å². The van der Waals surface area contributed by atoms with Crippen molar-refractivity contribution in [2.45, 2.75) is 32.4 Å². The van der Waals surface area contributed by atoms with Crippen LogP contribution in [0.25, 0.3) is 0 Å². The first kappa shape index (κ1) is 14.5. The third-order valence-electron chi connectivity index (χ3n) is 2.60. The van der Waals surface area contributed by atoms with E-state index in [1.54, 1.807) is 20.8 Å². The average molecular weight is 260 g/mol. The first-order chi connectivity index (χ1) is 8.07. The van der Waals surface area contributed by atoms with Crippen LogP contribution in [0, 0.1) is 0 Å². The molecule has 2 nitrogen and oxygen atoms in total. The number of halogens is 3. The molecule has 0 saturated carbocycles. The van der Waals surface area contributed by atoms with Crippen molar-refractivity contribution in [1.29, 1.82) is 0 Å². The van der Waals surface area contributed by atoms with Crippen LogP contribution in [0.2, 0.25) is 0 Å². The van der Waals surface area contributed by atoms with Gasteiger partial charge in [0.15, 0.2) is 0 Å². The third-order valence-corrected chi connectivity index (χ3v) is 2.60. The molecular weight excluding hydrogens is 245 g/mol. The molecule has 0 bridgehead atoms. The molecule has 0 fully saturated rings. The lowest BCUT2D eigenvalue weighted by Gasteiger charge is -2.21. The number of methoxy groups -OCH3 is 1. The lowest BCUT2D eigenvalue weighted by Crippen LogP contribution is -2.18. The highest BCUT2D eigenvalue weighted by Crippen LogP contribution is 2.35. The van der Waals surface area contributed by atoms with Gasteiger partial charge in [-0.25, -0.2) is 4.79 Å². The number of hydrogen-bond acceptors (Lipinski definition) is 2. The summed E-state index contributed by atoms with van der Waals surface area (Å²) in [4.78, 5) is 11.3. The van der Waals surface area contributed by atoms with Crippen LogP contribution in [-0.2, 0) is 16.3 Å². The maximum Gasteiger partial charge on any atom is 0.417 e. The fraction of sp³-hybridized carbons (Fsp3) is 0.462. The van der Waals surface area contributed by atoms with Crippen LogP contribution in [-0.4, -0.2) is 13.1 Å². The Hall–Kier alpha value is -1.52. The normalized spacial score (nSPS) is 12.4. The standard InChI is InChI=1S/C13H15F3O2/c1-12(2,3)8-5-6-9(11(17)18-4)10(7-8)13(14,15)16/h5-7H,1-4H3. The largest absolute Gasteiger partial charge is 0.465 e. The average Bonchev–Trinajstić information content (AvgIpc) is 2.24. The molecule has 0 aliphatic heterocycles. The molecule has 0 aliphatic rings. The third kappa shape index (κ3) is 3.03. The Morgan fingerprint density at radius 2 is 1.72 bits per heavy atom. The zero-order valence-electron chi connectivity index (χ0n) is 10.7. The summed E-state index contributed by atoms with van der Waals surface area (Å²) in [7, 11) is 1.06. The zero-order valence-corrected chi connectivity index (χ0v) is 10.7. The van der Waals surface area contributed by atoms with E-state index in [4.69, 9.17) is 0 Å². The summed E-state index contributed by atoms with van der Waals surface area (Å²) < 4.78 is 43.1. The molecule has 0 aliphatic carbocycles. The Balaban J connectivity index is 3.44. The van der Waals surface area contributed by atoms with Crippen LogP contribution >= 0.6 is 0 Å². The Bertz CT molecular complexity index is 456. The second-order valence-electron chi connectivity index (χ2n) is 5.00. The van der Waals surface area contributed by atoms with Crippen molar-refractivity contribution in [3.8, 4) is 0 Å². The van der Waals surface area contributed by atoms with Crippen molar-refractivity contribution in [1.82, 2.24) is 0 Å².